The molecule has 0 aliphatic carbocycles. The van der Waals surface area contributed by atoms with Crippen LogP contribution in [0.25, 0.3) is 22.6 Å². The summed E-state index contributed by atoms with van der Waals surface area (Å²) in [5.41, 5.74) is 3.55. The highest BCUT2D eigenvalue weighted by Crippen LogP contribution is 2.32. The zero-order chi connectivity index (χ0) is 17.9. The van der Waals surface area contributed by atoms with Gasteiger partial charge in [0.2, 0.25) is 0 Å². The molecule has 0 aliphatic rings. The first-order chi connectivity index (χ1) is 12.7. The predicted molar refractivity (Wildman–Crippen MR) is 104 cm³/mol. The van der Waals surface area contributed by atoms with Gasteiger partial charge in [0, 0.05) is 16.1 Å². The molecule has 1 aromatic heterocycles. The lowest BCUT2D eigenvalue weighted by molar-refractivity contribution is 0.497. The molecule has 4 aromatic rings. The molecule has 4 heteroatoms. The molecule has 4 rings (SSSR count). The number of benzene rings is 3. The molecule has 0 saturated carbocycles. The van der Waals surface area contributed by atoms with Crippen LogP contribution in [-0.4, -0.2) is 4.57 Å². The second-order valence-corrected chi connectivity index (χ2v) is 6.43. The number of halogens is 1. The molecule has 0 saturated heterocycles. The number of oxazole rings is 1. The number of hydrogen-bond acceptors (Lipinski definition) is 2. The number of hydrogen-bond donors (Lipinski definition) is 0. The molecule has 0 N–H and O–H groups in total. The smallest absolute Gasteiger partial charge is 0.407 e. The monoisotopic (exact) mass is 361 g/mol. The topological polar surface area (TPSA) is 35.1 Å². The normalized spacial score (nSPS) is 10.8. The van der Waals surface area contributed by atoms with Gasteiger partial charge in [0.05, 0.1) is 12.2 Å². The Bertz CT molecular complexity index is 1060. The van der Waals surface area contributed by atoms with Crippen molar-refractivity contribution < 1.29 is 4.42 Å². The van der Waals surface area contributed by atoms with Crippen molar-refractivity contribution in [2.24, 2.45) is 0 Å². The lowest BCUT2D eigenvalue weighted by atomic mass is 10.1. The van der Waals surface area contributed by atoms with E-state index < -0.39 is 0 Å². The summed E-state index contributed by atoms with van der Waals surface area (Å²) in [5.74, 6) is 0.173. The SMILES string of the molecule is O=c1oc(-c2ccc(Cl)cc2)c(-c2ccccc2)n1Cc1ccccc1. The van der Waals surface area contributed by atoms with E-state index in [9.17, 15) is 4.79 Å². The highest BCUT2D eigenvalue weighted by atomic mass is 35.5. The summed E-state index contributed by atoms with van der Waals surface area (Å²) < 4.78 is 7.34. The summed E-state index contributed by atoms with van der Waals surface area (Å²) in [6, 6.07) is 27.0. The van der Waals surface area contributed by atoms with Gasteiger partial charge in [0.15, 0.2) is 5.76 Å². The molecule has 0 atom stereocenters. The van der Waals surface area contributed by atoms with E-state index in [0.29, 0.717) is 17.3 Å². The Morgan fingerprint density at radius 2 is 1.38 bits per heavy atom. The van der Waals surface area contributed by atoms with Crippen molar-refractivity contribution >= 4 is 11.6 Å². The van der Waals surface area contributed by atoms with Crippen LogP contribution in [-0.2, 0) is 6.54 Å². The van der Waals surface area contributed by atoms with Gasteiger partial charge in [-0.3, -0.25) is 4.57 Å². The van der Waals surface area contributed by atoms with Crippen LogP contribution in [0, 0.1) is 0 Å². The Labute approximate surface area is 156 Å². The van der Waals surface area contributed by atoms with Gasteiger partial charge in [-0.2, -0.15) is 0 Å². The van der Waals surface area contributed by atoms with Crippen LogP contribution in [0.2, 0.25) is 5.02 Å². The Balaban J connectivity index is 1.91. The average molecular weight is 362 g/mol. The first-order valence-corrected chi connectivity index (χ1v) is 8.69. The number of nitrogens with zero attached hydrogens (tertiary/aromatic N) is 1. The molecule has 0 unspecified atom stereocenters. The van der Waals surface area contributed by atoms with Gasteiger partial charge >= 0.3 is 5.76 Å². The van der Waals surface area contributed by atoms with Crippen LogP contribution in [0.15, 0.2) is 94.1 Å². The molecule has 0 bridgehead atoms. The van der Waals surface area contributed by atoms with Crippen molar-refractivity contribution in [3.8, 4) is 22.6 Å². The summed E-state index contributed by atoms with van der Waals surface area (Å²) in [4.78, 5) is 12.6. The Morgan fingerprint density at radius 3 is 2.04 bits per heavy atom. The molecule has 1 heterocycles. The molecule has 0 spiro atoms. The zero-order valence-corrected chi connectivity index (χ0v) is 14.7. The van der Waals surface area contributed by atoms with Crippen LogP contribution in [0.5, 0.6) is 0 Å². The Morgan fingerprint density at radius 1 is 0.769 bits per heavy atom. The minimum absolute atomic E-state index is 0.377. The molecule has 0 aliphatic heterocycles. The van der Waals surface area contributed by atoms with E-state index >= 15 is 0 Å². The van der Waals surface area contributed by atoms with E-state index in [0.717, 1.165) is 22.4 Å². The van der Waals surface area contributed by atoms with Gasteiger partial charge in [-0.1, -0.05) is 72.3 Å². The predicted octanol–water partition coefficient (Wildman–Crippen LogP) is 5.48. The lowest BCUT2D eigenvalue weighted by Crippen LogP contribution is -2.16. The first kappa shape index (κ1) is 16.4. The summed E-state index contributed by atoms with van der Waals surface area (Å²) >= 11 is 6.00. The largest absolute Gasteiger partial charge is 0.420 e. The van der Waals surface area contributed by atoms with Crippen LogP contribution in [0.1, 0.15) is 5.56 Å². The van der Waals surface area contributed by atoms with E-state index in [4.69, 9.17) is 16.0 Å². The zero-order valence-electron chi connectivity index (χ0n) is 13.9. The van der Waals surface area contributed by atoms with Gasteiger partial charge in [-0.15, -0.1) is 0 Å². The summed E-state index contributed by atoms with van der Waals surface area (Å²) in [7, 11) is 0. The van der Waals surface area contributed by atoms with Crippen molar-refractivity contribution in [1.82, 2.24) is 4.57 Å². The Kier molecular flexibility index (Phi) is 4.46. The molecule has 3 nitrogen and oxygen atoms in total. The van der Waals surface area contributed by atoms with E-state index in [1.807, 2.05) is 72.8 Å². The van der Waals surface area contributed by atoms with Gasteiger partial charge in [0.25, 0.3) is 0 Å². The highest BCUT2D eigenvalue weighted by molar-refractivity contribution is 6.30. The van der Waals surface area contributed by atoms with Crippen LogP contribution in [0.4, 0.5) is 0 Å². The van der Waals surface area contributed by atoms with Crippen LogP contribution < -0.4 is 5.76 Å². The number of rotatable bonds is 4. The minimum Gasteiger partial charge on any atom is -0.407 e. The molecular formula is C22H16ClNO2. The fourth-order valence-electron chi connectivity index (χ4n) is 2.99. The maximum Gasteiger partial charge on any atom is 0.420 e. The molecular weight excluding hydrogens is 346 g/mol. The third-order valence-electron chi connectivity index (χ3n) is 4.23. The second kappa shape index (κ2) is 7.06. The van der Waals surface area contributed by atoms with Crippen molar-refractivity contribution in [2.75, 3.05) is 0 Å². The Hall–Kier alpha value is -3.04. The maximum absolute atomic E-state index is 12.6. The lowest BCUT2D eigenvalue weighted by Gasteiger charge is -2.09. The van der Waals surface area contributed by atoms with E-state index in [-0.39, 0.29) is 5.76 Å². The maximum atomic E-state index is 12.6. The molecule has 3 aromatic carbocycles. The van der Waals surface area contributed by atoms with Crippen LogP contribution in [0.3, 0.4) is 0 Å². The molecule has 128 valence electrons. The van der Waals surface area contributed by atoms with Gasteiger partial charge in [-0.25, -0.2) is 4.79 Å². The van der Waals surface area contributed by atoms with Crippen molar-refractivity contribution in [2.45, 2.75) is 6.54 Å². The standard InChI is InChI=1S/C22H16ClNO2/c23-19-13-11-18(12-14-19)21-20(17-9-5-2-6-10-17)24(22(25)26-21)15-16-7-3-1-4-8-16/h1-14H,15H2. The van der Waals surface area contributed by atoms with Crippen LogP contribution >= 0.6 is 11.6 Å². The van der Waals surface area contributed by atoms with Gasteiger partial charge in [0.1, 0.15) is 0 Å². The molecule has 0 amide bonds. The quantitative estimate of drug-likeness (QED) is 0.482. The summed E-state index contributed by atoms with van der Waals surface area (Å²) in [5, 5.41) is 0.640. The minimum atomic E-state index is -0.377. The highest BCUT2D eigenvalue weighted by Gasteiger charge is 2.20. The van der Waals surface area contributed by atoms with E-state index in [2.05, 4.69) is 0 Å². The summed E-state index contributed by atoms with van der Waals surface area (Å²) in [6.45, 7) is 0.445. The van der Waals surface area contributed by atoms with Gasteiger partial charge in [-0.05, 0) is 29.8 Å². The molecule has 0 fully saturated rings. The average Bonchev–Trinajstić information content (AvgIpc) is 3.00. The van der Waals surface area contributed by atoms with Crippen molar-refractivity contribution in [3.05, 3.63) is 106 Å². The third-order valence-corrected chi connectivity index (χ3v) is 4.48. The van der Waals surface area contributed by atoms with Crippen molar-refractivity contribution in [3.63, 3.8) is 0 Å². The van der Waals surface area contributed by atoms with Crippen molar-refractivity contribution in [1.29, 1.82) is 0 Å². The van der Waals surface area contributed by atoms with E-state index in [1.54, 1.807) is 16.7 Å². The molecule has 0 radical (unpaired) electrons. The fraction of sp³-hybridized carbons (Fsp3) is 0.0455. The second-order valence-electron chi connectivity index (χ2n) is 5.99. The number of aromatic nitrogens is 1. The first-order valence-electron chi connectivity index (χ1n) is 8.31. The summed E-state index contributed by atoms with van der Waals surface area (Å²) in [6.07, 6.45) is 0. The molecule has 26 heavy (non-hydrogen) atoms. The van der Waals surface area contributed by atoms with Gasteiger partial charge < -0.3 is 4.42 Å². The fourth-order valence-corrected chi connectivity index (χ4v) is 3.12. The van der Waals surface area contributed by atoms with E-state index in [1.165, 1.54) is 0 Å². The third kappa shape index (κ3) is 3.22.